The molecular weight excluding hydrogens is 626 g/mol. The van der Waals surface area contributed by atoms with Gasteiger partial charge in [-0.3, -0.25) is 4.79 Å². The van der Waals surface area contributed by atoms with Crippen molar-refractivity contribution in [3.63, 3.8) is 0 Å². The zero-order valence-corrected chi connectivity index (χ0v) is 25.6. The summed E-state index contributed by atoms with van der Waals surface area (Å²) in [5, 5.41) is 3.79. The van der Waals surface area contributed by atoms with Crippen LogP contribution >= 0.6 is 11.8 Å². The fourth-order valence-corrected chi connectivity index (χ4v) is 6.78. The molecular formula is C34H32F6N4OS. The molecule has 1 unspecified atom stereocenters. The van der Waals surface area contributed by atoms with E-state index in [0.29, 0.717) is 40.0 Å². The first-order valence-corrected chi connectivity index (χ1v) is 16.0. The van der Waals surface area contributed by atoms with Crippen molar-refractivity contribution >= 4 is 34.4 Å². The van der Waals surface area contributed by atoms with Crippen LogP contribution in [0.5, 0.6) is 0 Å². The van der Waals surface area contributed by atoms with Crippen LogP contribution in [0.3, 0.4) is 0 Å². The number of amides is 1. The van der Waals surface area contributed by atoms with Crippen LogP contribution in [0.4, 0.5) is 32.2 Å². The minimum absolute atomic E-state index is 0.0800. The minimum Gasteiger partial charge on any atom is -0.366 e. The summed E-state index contributed by atoms with van der Waals surface area (Å²) >= 11 is -0.175. The second-order valence-corrected chi connectivity index (χ2v) is 12.8. The van der Waals surface area contributed by atoms with Gasteiger partial charge in [0.15, 0.2) is 0 Å². The summed E-state index contributed by atoms with van der Waals surface area (Å²) in [6, 6.07) is 18.1. The highest BCUT2D eigenvalue weighted by Gasteiger charge is 2.33. The Kier molecular flexibility index (Phi) is 9.20. The predicted molar refractivity (Wildman–Crippen MR) is 168 cm³/mol. The molecule has 1 amide bonds. The molecule has 0 spiro atoms. The quantitative estimate of drug-likeness (QED) is 0.152. The number of nitrogens with one attached hydrogen (secondary N) is 1. The fourth-order valence-electron chi connectivity index (χ4n) is 6.24. The van der Waals surface area contributed by atoms with Crippen molar-refractivity contribution in [2.75, 3.05) is 31.5 Å². The first kappa shape index (κ1) is 32.2. The lowest BCUT2D eigenvalue weighted by molar-refractivity contribution is -0.137. The Hall–Kier alpha value is -3.77. The van der Waals surface area contributed by atoms with E-state index < -0.39 is 17.2 Å². The summed E-state index contributed by atoms with van der Waals surface area (Å²) in [6.45, 7) is 3.71. The summed E-state index contributed by atoms with van der Waals surface area (Å²) in [4.78, 5) is 23.4. The third-order valence-electron chi connectivity index (χ3n) is 8.52. The molecule has 3 aromatic carbocycles. The summed E-state index contributed by atoms with van der Waals surface area (Å²) in [5.74, 6) is 0.285. The third-order valence-corrected chi connectivity index (χ3v) is 9.26. The van der Waals surface area contributed by atoms with Crippen LogP contribution in [0.25, 0.3) is 22.0 Å². The van der Waals surface area contributed by atoms with Gasteiger partial charge < -0.3 is 15.1 Å². The van der Waals surface area contributed by atoms with E-state index in [0.717, 1.165) is 63.0 Å². The molecule has 46 heavy (non-hydrogen) atoms. The molecule has 2 aliphatic heterocycles. The van der Waals surface area contributed by atoms with Gasteiger partial charge in [0, 0.05) is 36.0 Å². The Morgan fingerprint density at radius 1 is 0.848 bits per heavy atom. The molecule has 2 saturated heterocycles. The fraction of sp³-hybridized carbons (Fsp3) is 0.353. The molecule has 12 heteroatoms. The normalized spacial score (nSPS) is 17.6. The molecule has 2 aliphatic rings. The molecule has 0 saturated carbocycles. The van der Waals surface area contributed by atoms with Crippen LogP contribution in [-0.4, -0.2) is 58.4 Å². The second-order valence-electron chi connectivity index (χ2n) is 11.7. The number of fused-ring (bicyclic) bond motifs is 1. The molecule has 1 atom stereocenters. The van der Waals surface area contributed by atoms with Crippen LogP contribution < -0.4 is 5.32 Å². The molecule has 1 N–H and O–H groups in total. The van der Waals surface area contributed by atoms with Crippen molar-refractivity contribution in [2.24, 2.45) is 0 Å². The summed E-state index contributed by atoms with van der Waals surface area (Å²) in [7, 11) is 0. The van der Waals surface area contributed by atoms with E-state index in [1.165, 1.54) is 24.3 Å². The standard InChI is InChI=1S/C34H32F6N4OS/c35-33(36,37)25-10-5-22(6-11-25)20-41-31-19-29(32(45)44-17-3-4-26(44)21-43-15-1-2-16-43)28-18-24(9-14-30(28)42-31)23-7-12-27(13-8-23)46-34(38,39)40/h5-14,18-19,26H,1-4,15-17,20-21H2,(H,41,42). The van der Waals surface area contributed by atoms with Gasteiger partial charge in [0.05, 0.1) is 16.6 Å². The lowest BCUT2D eigenvalue weighted by Crippen LogP contribution is -2.42. The summed E-state index contributed by atoms with van der Waals surface area (Å²) in [5.41, 5.74) is -2.08. The van der Waals surface area contributed by atoms with E-state index >= 15 is 0 Å². The summed E-state index contributed by atoms with van der Waals surface area (Å²) in [6.07, 6.45) is -0.297. The number of carbonyl (C=O) groups is 1. The average molecular weight is 659 g/mol. The highest BCUT2D eigenvalue weighted by molar-refractivity contribution is 8.00. The number of pyridine rings is 1. The van der Waals surface area contributed by atoms with Crippen LogP contribution in [0, 0.1) is 0 Å². The Morgan fingerprint density at radius 2 is 1.54 bits per heavy atom. The van der Waals surface area contributed by atoms with Gasteiger partial charge in [-0.15, -0.1) is 0 Å². The largest absolute Gasteiger partial charge is 0.446 e. The number of anilines is 1. The van der Waals surface area contributed by atoms with Gasteiger partial charge in [-0.2, -0.15) is 26.3 Å². The van der Waals surface area contributed by atoms with Gasteiger partial charge in [0.2, 0.25) is 0 Å². The number of hydrogen-bond acceptors (Lipinski definition) is 5. The maximum Gasteiger partial charge on any atom is 0.446 e. The smallest absolute Gasteiger partial charge is 0.366 e. The van der Waals surface area contributed by atoms with Crippen LogP contribution in [0.2, 0.25) is 0 Å². The van der Waals surface area contributed by atoms with E-state index in [-0.39, 0.29) is 35.2 Å². The lowest BCUT2D eigenvalue weighted by atomic mass is 10.00. The minimum atomic E-state index is -4.42. The van der Waals surface area contributed by atoms with Crippen LogP contribution in [0.1, 0.15) is 47.2 Å². The molecule has 0 bridgehead atoms. The molecule has 1 aromatic heterocycles. The summed E-state index contributed by atoms with van der Waals surface area (Å²) < 4.78 is 77.6. The van der Waals surface area contributed by atoms with Crippen LogP contribution in [0.15, 0.2) is 77.7 Å². The van der Waals surface area contributed by atoms with Crippen molar-refractivity contribution in [2.45, 2.75) is 54.8 Å². The second kappa shape index (κ2) is 13.2. The predicted octanol–water partition coefficient (Wildman–Crippen LogP) is 8.85. The van der Waals surface area contributed by atoms with E-state index in [1.54, 1.807) is 30.3 Å². The molecule has 2 fully saturated rings. The molecule has 6 rings (SSSR count). The van der Waals surface area contributed by atoms with E-state index in [1.807, 2.05) is 11.0 Å². The van der Waals surface area contributed by atoms with Gasteiger partial charge in [-0.25, -0.2) is 4.98 Å². The van der Waals surface area contributed by atoms with Crippen LogP contribution in [-0.2, 0) is 12.7 Å². The number of benzene rings is 3. The van der Waals surface area contributed by atoms with Crippen molar-refractivity contribution < 1.29 is 31.1 Å². The van der Waals surface area contributed by atoms with Gasteiger partial charge in [0.1, 0.15) is 5.82 Å². The number of alkyl halides is 6. The number of rotatable bonds is 8. The Morgan fingerprint density at radius 3 is 2.22 bits per heavy atom. The topological polar surface area (TPSA) is 48.5 Å². The first-order chi connectivity index (χ1) is 21.9. The number of likely N-dealkylation sites (tertiary alicyclic amines) is 2. The number of hydrogen-bond donors (Lipinski definition) is 1. The van der Waals surface area contributed by atoms with Crippen molar-refractivity contribution in [1.82, 2.24) is 14.8 Å². The number of halogens is 6. The Labute approximate surface area is 267 Å². The Bertz CT molecular complexity index is 1690. The molecule has 4 aromatic rings. The molecule has 242 valence electrons. The highest BCUT2D eigenvalue weighted by Crippen LogP contribution is 2.38. The SMILES string of the molecule is O=C(c1cc(NCc2ccc(C(F)(F)F)cc2)nc2ccc(-c3ccc(SC(F)(F)F)cc3)cc12)N1CCCC1CN1CCCC1. The highest BCUT2D eigenvalue weighted by atomic mass is 32.2. The first-order valence-electron chi connectivity index (χ1n) is 15.2. The maximum absolute atomic E-state index is 14.3. The molecule has 0 radical (unpaired) electrons. The van der Waals surface area contributed by atoms with Gasteiger partial charge in [-0.05, 0) is 110 Å². The number of thioether (sulfide) groups is 1. The zero-order chi connectivity index (χ0) is 32.5. The van der Waals surface area contributed by atoms with E-state index in [9.17, 15) is 31.1 Å². The Balaban J connectivity index is 1.32. The maximum atomic E-state index is 14.3. The van der Waals surface area contributed by atoms with E-state index in [4.69, 9.17) is 4.98 Å². The number of nitrogens with zero attached hydrogens (tertiary/aromatic N) is 3. The number of aromatic nitrogens is 1. The molecule has 0 aliphatic carbocycles. The van der Waals surface area contributed by atoms with Crippen molar-refractivity contribution in [1.29, 1.82) is 0 Å². The monoisotopic (exact) mass is 658 g/mol. The zero-order valence-electron chi connectivity index (χ0n) is 24.8. The average Bonchev–Trinajstić information content (AvgIpc) is 3.71. The number of carbonyl (C=O) groups excluding carboxylic acids is 1. The van der Waals surface area contributed by atoms with Crippen molar-refractivity contribution in [3.05, 3.63) is 89.5 Å². The van der Waals surface area contributed by atoms with Gasteiger partial charge >= 0.3 is 11.7 Å². The van der Waals surface area contributed by atoms with Crippen molar-refractivity contribution in [3.8, 4) is 11.1 Å². The lowest BCUT2D eigenvalue weighted by Gasteiger charge is -2.29. The molecule has 3 heterocycles. The van der Waals surface area contributed by atoms with Gasteiger partial charge in [-0.1, -0.05) is 30.3 Å². The van der Waals surface area contributed by atoms with Gasteiger partial charge in [0.25, 0.3) is 5.91 Å². The van der Waals surface area contributed by atoms with E-state index in [2.05, 4.69) is 10.2 Å². The molecule has 5 nitrogen and oxygen atoms in total. The third kappa shape index (κ3) is 7.60.